The van der Waals surface area contributed by atoms with Crippen LogP contribution in [0.15, 0.2) is 0 Å². The number of likely N-dealkylation sites (tertiary alicyclic amines) is 1. The second kappa shape index (κ2) is 3.71. The Morgan fingerprint density at radius 2 is 1.84 bits per heavy atom. The van der Waals surface area contributed by atoms with Gasteiger partial charge in [0.05, 0.1) is 0 Å². The van der Waals surface area contributed by atoms with Crippen LogP contribution in [-0.4, -0.2) is 41.4 Å². The monoisotopic (exact) mass is 265 g/mol. The Morgan fingerprint density at radius 3 is 2.26 bits per heavy atom. The molecule has 0 radical (unpaired) electrons. The van der Waals surface area contributed by atoms with E-state index in [1.165, 1.54) is 0 Å². The van der Waals surface area contributed by atoms with Gasteiger partial charge in [0.25, 0.3) is 5.91 Å². The number of imide groups is 1. The topological polar surface area (TPSA) is 78.5 Å². The summed E-state index contributed by atoms with van der Waals surface area (Å²) in [4.78, 5) is 37.1. The zero-order valence-electron chi connectivity index (χ0n) is 11.3. The van der Waals surface area contributed by atoms with Crippen LogP contribution in [0.3, 0.4) is 0 Å². The van der Waals surface area contributed by atoms with Crippen LogP contribution in [-0.2, 0) is 9.59 Å². The van der Waals surface area contributed by atoms with Crippen LogP contribution in [0.2, 0.25) is 0 Å². The number of nitrogens with zero attached hydrogens (tertiary/aromatic N) is 1. The van der Waals surface area contributed by atoms with Crippen LogP contribution in [0.1, 0.15) is 33.1 Å². The Kier molecular flexibility index (Phi) is 2.43. The predicted molar refractivity (Wildman–Crippen MR) is 67.1 cm³/mol. The van der Waals surface area contributed by atoms with Crippen LogP contribution < -0.4 is 10.6 Å². The van der Waals surface area contributed by atoms with E-state index in [0.29, 0.717) is 25.9 Å². The molecule has 2 heterocycles. The lowest BCUT2D eigenvalue weighted by atomic mass is 9.87. The summed E-state index contributed by atoms with van der Waals surface area (Å²) in [7, 11) is 0. The number of rotatable bonds is 1. The van der Waals surface area contributed by atoms with E-state index in [1.807, 2.05) is 4.90 Å². The minimum absolute atomic E-state index is 0.130. The summed E-state index contributed by atoms with van der Waals surface area (Å²) in [6.45, 7) is 5.29. The molecule has 3 aliphatic rings. The van der Waals surface area contributed by atoms with Gasteiger partial charge in [0.1, 0.15) is 5.54 Å². The molecule has 1 spiro atoms. The SMILES string of the molecule is CC1(C)CC1C(=O)N1CCC2(CC1)NC(=O)NC2=O. The first-order valence-electron chi connectivity index (χ1n) is 6.76. The second-order valence-corrected chi connectivity index (χ2v) is 6.56. The van der Waals surface area contributed by atoms with Crippen molar-refractivity contribution in [1.29, 1.82) is 0 Å². The third-order valence-electron chi connectivity index (χ3n) is 4.75. The Bertz CT molecular complexity index is 464. The van der Waals surface area contributed by atoms with E-state index in [9.17, 15) is 14.4 Å². The zero-order valence-corrected chi connectivity index (χ0v) is 11.3. The van der Waals surface area contributed by atoms with Crippen molar-refractivity contribution < 1.29 is 14.4 Å². The van der Waals surface area contributed by atoms with E-state index in [2.05, 4.69) is 24.5 Å². The minimum atomic E-state index is -0.785. The van der Waals surface area contributed by atoms with E-state index in [-0.39, 0.29) is 23.1 Å². The quantitative estimate of drug-likeness (QED) is 0.666. The van der Waals surface area contributed by atoms with Crippen molar-refractivity contribution in [2.45, 2.75) is 38.6 Å². The molecule has 3 rings (SSSR count). The van der Waals surface area contributed by atoms with Gasteiger partial charge in [-0.3, -0.25) is 14.9 Å². The molecule has 2 saturated heterocycles. The first-order valence-corrected chi connectivity index (χ1v) is 6.76. The van der Waals surface area contributed by atoms with Gasteiger partial charge in [-0.15, -0.1) is 0 Å². The highest BCUT2D eigenvalue weighted by molar-refractivity contribution is 6.07. The first-order chi connectivity index (χ1) is 8.84. The third kappa shape index (κ3) is 1.89. The molecule has 6 heteroatoms. The van der Waals surface area contributed by atoms with Gasteiger partial charge in [0.15, 0.2) is 0 Å². The lowest BCUT2D eigenvalue weighted by molar-refractivity contribution is -0.137. The van der Waals surface area contributed by atoms with Gasteiger partial charge in [-0.25, -0.2) is 4.79 Å². The van der Waals surface area contributed by atoms with Crippen LogP contribution in [0, 0.1) is 11.3 Å². The normalized spacial score (nSPS) is 31.1. The summed E-state index contributed by atoms with van der Waals surface area (Å²) in [5.41, 5.74) is -0.655. The smallest absolute Gasteiger partial charge is 0.322 e. The molecule has 3 fully saturated rings. The lowest BCUT2D eigenvalue weighted by Gasteiger charge is -2.37. The maximum Gasteiger partial charge on any atom is 0.322 e. The highest BCUT2D eigenvalue weighted by Gasteiger charge is 2.54. The highest BCUT2D eigenvalue weighted by Crippen LogP contribution is 2.52. The molecular weight excluding hydrogens is 246 g/mol. The summed E-state index contributed by atoms with van der Waals surface area (Å²) >= 11 is 0. The molecule has 0 aromatic carbocycles. The van der Waals surface area contributed by atoms with Crippen molar-refractivity contribution in [3.05, 3.63) is 0 Å². The van der Waals surface area contributed by atoms with Gasteiger partial charge in [0.2, 0.25) is 5.91 Å². The number of amides is 4. The minimum Gasteiger partial charge on any atom is -0.342 e. The van der Waals surface area contributed by atoms with Crippen LogP contribution >= 0.6 is 0 Å². The summed E-state index contributed by atoms with van der Waals surface area (Å²) in [5.74, 6) is 0.0782. The Hall–Kier alpha value is -1.59. The molecular formula is C13H19N3O3. The number of piperidine rings is 1. The molecule has 6 nitrogen and oxygen atoms in total. The van der Waals surface area contributed by atoms with Crippen molar-refractivity contribution in [2.24, 2.45) is 11.3 Å². The number of carbonyl (C=O) groups excluding carboxylic acids is 3. The Labute approximate surface area is 111 Å². The van der Waals surface area contributed by atoms with Crippen LogP contribution in [0.5, 0.6) is 0 Å². The number of hydrogen-bond donors (Lipinski definition) is 2. The Balaban J connectivity index is 1.63. The standard InChI is InChI=1S/C13H19N3O3/c1-12(2)7-8(12)9(17)16-5-3-13(4-6-16)10(18)14-11(19)15-13/h8H,3-7H2,1-2H3,(H2,14,15,18,19). The molecule has 1 saturated carbocycles. The van der Waals surface area contributed by atoms with Gasteiger partial charge >= 0.3 is 6.03 Å². The fourth-order valence-corrected chi connectivity index (χ4v) is 3.10. The van der Waals surface area contributed by atoms with Crippen molar-refractivity contribution >= 4 is 17.8 Å². The van der Waals surface area contributed by atoms with E-state index in [4.69, 9.17) is 0 Å². The molecule has 0 aromatic rings. The average Bonchev–Trinajstić information content (AvgIpc) is 2.89. The molecule has 1 unspecified atom stereocenters. The van der Waals surface area contributed by atoms with Gasteiger partial charge in [-0.1, -0.05) is 13.8 Å². The Morgan fingerprint density at radius 1 is 1.26 bits per heavy atom. The fraction of sp³-hybridized carbons (Fsp3) is 0.769. The predicted octanol–water partition coefficient (Wildman–Crippen LogP) is 0.233. The number of nitrogens with one attached hydrogen (secondary N) is 2. The van der Waals surface area contributed by atoms with E-state index in [0.717, 1.165) is 6.42 Å². The molecule has 104 valence electrons. The van der Waals surface area contributed by atoms with E-state index >= 15 is 0 Å². The van der Waals surface area contributed by atoms with E-state index in [1.54, 1.807) is 0 Å². The largest absolute Gasteiger partial charge is 0.342 e. The number of urea groups is 1. The highest BCUT2D eigenvalue weighted by atomic mass is 16.2. The second-order valence-electron chi connectivity index (χ2n) is 6.56. The summed E-state index contributed by atoms with van der Waals surface area (Å²) in [6, 6.07) is -0.423. The molecule has 1 atom stereocenters. The molecule has 2 N–H and O–H groups in total. The maximum atomic E-state index is 12.3. The first kappa shape index (κ1) is 12.4. The zero-order chi connectivity index (χ0) is 13.8. The summed E-state index contributed by atoms with van der Waals surface area (Å²) < 4.78 is 0. The molecule has 0 bridgehead atoms. The molecule has 0 aromatic heterocycles. The van der Waals surface area contributed by atoms with Crippen LogP contribution in [0.25, 0.3) is 0 Å². The molecule has 1 aliphatic carbocycles. The molecule has 19 heavy (non-hydrogen) atoms. The van der Waals surface area contributed by atoms with Gasteiger partial charge < -0.3 is 10.2 Å². The van der Waals surface area contributed by atoms with Crippen molar-refractivity contribution in [3.63, 3.8) is 0 Å². The van der Waals surface area contributed by atoms with E-state index < -0.39 is 11.6 Å². The lowest BCUT2D eigenvalue weighted by Crippen LogP contribution is -2.56. The summed E-state index contributed by atoms with van der Waals surface area (Å²) in [6.07, 6.45) is 1.96. The number of hydrogen-bond acceptors (Lipinski definition) is 3. The number of carbonyl (C=O) groups is 3. The van der Waals surface area contributed by atoms with Crippen LogP contribution in [0.4, 0.5) is 4.79 Å². The van der Waals surface area contributed by atoms with Crippen molar-refractivity contribution in [3.8, 4) is 0 Å². The maximum absolute atomic E-state index is 12.3. The molecule has 4 amide bonds. The van der Waals surface area contributed by atoms with Crippen molar-refractivity contribution in [1.82, 2.24) is 15.5 Å². The van der Waals surface area contributed by atoms with Gasteiger partial charge in [0, 0.05) is 19.0 Å². The third-order valence-corrected chi connectivity index (χ3v) is 4.75. The van der Waals surface area contributed by atoms with Gasteiger partial charge in [-0.05, 0) is 24.7 Å². The van der Waals surface area contributed by atoms with Crippen molar-refractivity contribution in [2.75, 3.05) is 13.1 Å². The van der Waals surface area contributed by atoms with Gasteiger partial charge in [-0.2, -0.15) is 0 Å². The fourth-order valence-electron chi connectivity index (χ4n) is 3.10. The average molecular weight is 265 g/mol. The summed E-state index contributed by atoms with van der Waals surface area (Å²) in [5, 5.41) is 4.98. The molecule has 2 aliphatic heterocycles.